The lowest BCUT2D eigenvalue weighted by Gasteiger charge is -2.43. The second-order valence-corrected chi connectivity index (χ2v) is 10.2. The van der Waals surface area contributed by atoms with Gasteiger partial charge in [0.25, 0.3) is 0 Å². The van der Waals surface area contributed by atoms with E-state index in [1.54, 1.807) is 0 Å². The Hall–Kier alpha value is -1.68. The monoisotopic (exact) mass is 452 g/mol. The fraction of sp³-hybridized carbons (Fsp3) is 0.536. The van der Waals surface area contributed by atoms with Crippen molar-refractivity contribution in [1.29, 1.82) is 0 Å². The van der Waals surface area contributed by atoms with E-state index in [4.69, 9.17) is 11.6 Å². The van der Waals surface area contributed by atoms with Gasteiger partial charge in [0, 0.05) is 23.5 Å². The number of ketones is 1. The van der Waals surface area contributed by atoms with Crippen molar-refractivity contribution in [1.82, 2.24) is 10.6 Å². The van der Waals surface area contributed by atoms with Crippen molar-refractivity contribution in [2.45, 2.75) is 75.8 Å². The second-order valence-electron chi connectivity index (χ2n) is 9.76. The van der Waals surface area contributed by atoms with Gasteiger partial charge in [0.2, 0.25) is 0 Å². The molecule has 2 N–H and O–H groups in total. The van der Waals surface area contributed by atoms with E-state index in [-0.39, 0.29) is 11.3 Å². The number of Topliss-reactive ketones (excluding diaryl/α,β-unsaturated/α-hetero) is 1. The second kappa shape index (κ2) is 10.1. The molecule has 2 aromatic rings. The number of carbonyl (C=O) groups is 1. The Labute approximate surface area is 198 Å². The van der Waals surface area contributed by atoms with E-state index in [1.165, 1.54) is 36.8 Å². The zero-order chi connectivity index (χ0) is 22.6. The molecule has 4 heteroatoms. The molecule has 2 aliphatic rings. The van der Waals surface area contributed by atoms with Crippen LogP contribution in [-0.2, 0) is 22.3 Å². The average molecular weight is 453 g/mol. The molecule has 3 nitrogen and oxygen atoms in total. The molecule has 0 saturated heterocycles. The lowest BCUT2D eigenvalue weighted by molar-refractivity contribution is -0.128. The van der Waals surface area contributed by atoms with E-state index in [0.717, 1.165) is 37.8 Å². The van der Waals surface area contributed by atoms with Crippen molar-refractivity contribution >= 4 is 17.4 Å². The predicted octanol–water partition coefficient (Wildman–Crippen LogP) is 6.14. The number of hydrogen-bond acceptors (Lipinski definition) is 3. The Morgan fingerprint density at radius 1 is 1.03 bits per heavy atom. The van der Waals surface area contributed by atoms with Gasteiger partial charge < -0.3 is 10.6 Å². The summed E-state index contributed by atoms with van der Waals surface area (Å²) in [4.78, 5) is 13.2. The lowest BCUT2D eigenvalue weighted by Crippen LogP contribution is -2.51. The van der Waals surface area contributed by atoms with Gasteiger partial charge in [-0.05, 0) is 67.8 Å². The molecule has 2 fully saturated rings. The van der Waals surface area contributed by atoms with Gasteiger partial charge in [0.1, 0.15) is 5.54 Å². The number of nitrogens with one attached hydrogen (secondary N) is 2. The summed E-state index contributed by atoms with van der Waals surface area (Å²) < 4.78 is 0. The molecule has 3 atom stereocenters. The molecule has 1 unspecified atom stereocenters. The Morgan fingerprint density at radius 2 is 1.84 bits per heavy atom. The van der Waals surface area contributed by atoms with Crippen LogP contribution in [0.3, 0.4) is 0 Å². The molecule has 2 saturated carbocycles. The fourth-order valence-corrected chi connectivity index (χ4v) is 6.42. The first-order valence-corrected chi connectivity index (χ1v) is 12.7. The topological polar surface area (TPSA) is 41.1 Å². The van der Waals surface area contributed by atoms with Crippen molar-refractivity contribution in [3.8, 4) is 0 Å². The van der Waals surface area contributed by atoms with Crippen molar-refractivity contribution in [3.63, 3.8) is 0 Å². The quantitative estimate of drug-likeness (QED) is 0.530. The van der Waals surface area contributed by atoms with Gasteiger partial charge in [-0.15, -0.1) is 0 Å². The lowest BCUT2D eigenvalue weighted by atomic mass is 9.69. The van der Waals surface area contributed by atoms with Crippen LogP contribution in [0.15, 0.2) is 48.5 Å². The highest BCUT2D eigenvalue weighted by Crippen LogP contribution is 2.42. The third kappa shape index (κ3) is 4.40. The molecule has 0 aliphatic heterocycles. The summed E-state index contributed by atoms with van der Waals surface area (Å²) in [6, 6.07) is 16.9. The van der Waals surface area contributed by atoms with E-state index in [2.05, 4.69) is 48.9 Å². The Bertz CT molecular complexity index is 945. The van der Waals surface area contributed by atoms with Gasteiger partial charge in [0.15, 0.2) is 5.78 Å². The highest BCUT2D eigenvalue weighted by Gasteiger charge is 2.42. The van der Waals surface area contributed by atoms with E-state index >= 15 is 0 Å². The van der Waals surface area contributed by atoms with Crippen LogP contribution in [-0.4, -0.2) is 19.4 Å². The summed E-state index contributed by atoms with van der Waals surface area (Å²) in [6.07, 6.45) is 9.41. The summed E-state index contributed by atoms with van der Waals surface area (Å²) in [5.41, 5.74) is 3.07. The van der Waals surface area contributed by atoms with Crippen LogP contribution in [0.4, 0.5) is 0 Å². The first-order valence-electron chi connectivity index (χ1n) is 12.3. The minimum Gasteiger partial charge on any atom is -0.310 e. The maximum Gasteiger partial charge on any atom is 0.157 e. The van der Waals surface area contributed by atoms with Crippen LogP contribution in [0.2, 0.25) is 5.02 Å². The molecular formula is C28H37ClN2O. The van der Waals surface area contributed by atoms with E-state index in [1.807, 2.05) is 24.3 Å². The van der Waals surface area contributed by atoms with Gasteiger partial charge in [-0.3, -0.25) is 4.79 Å². The predicted molar refractivity (Wildman–Crippen MR) is 133 cm³/mol. The molecule has 32 heavy (non-hydrogen) atoms. The SMILES string of the molecule is CN[C@]1(c2cccc(CCN[C@]3(c4ccccc4Cl)CCCCC3=O)c2)CCCCC1C. The normalized spacial score (nSPS) is 28.6. The minimum atomic E-state index is -0.654. The molecule has 0 spiro atoms. The fourth-order valence-electron chi connectivity index (χ4n) is 6.12. The van der Waals surface area contributed by atoms with E-state index < -0.39 is 5.54 Å². The molecule has 4 rings (SSSR count). The van der Waals surface area contributed by atoms with Gasteiger partial charge in [0.05, 0.1) is 0 Å². The Balaban J connectivity index is 1.53. The molecule has 2 aliphatic carbocycles. The number of rotatable bonds is 7. The summed E-state index contributed by atoms with van der Waals surface area (Å²) in [5.74, 6) is 0.897. The first kappa shape index (κ1) is 23.5. The van der Waals surface area contributed by atoms with Crippen molar-refractivity contribution in [3.05, 3.63) is 70.2 Å². The minimum absolute atomic E-state index is 0.0693. The van der Waals surface area contributed by atoms with Gasteiger partial charge in [-0.2, -0.15) is 0 Å². The van der Waals surface area contributed by atoms with E-state index in [9.17, 15) is 4.79 Å². The summed E-state index contributed by atoms with van der Waals surface area (Å²) in [7, 11) is 2.11. The molecule has 0 aromatic heterocycles. The average Bonchev–Trinajstić information content (AvgIpc) is 2.81. The van der Waals surface area contributed by atoms with Crippen LogP contribution in [0.25, 0.3) is 0 Å². The zero-order valence-corrected chi connectivity index (χ0v) is 20.3. The molecule has 0 radical (unpaired) electrons. The zero-order valence-electron chi connectivity index (χ0n) is 19.6. The van der Waals surface area contributed by atoms with Crippen LogP contribution < -0.4 is 10.6 Å². The Kier molecular flexibility index (Phi) is 7.39. The van der Waals surface area contributed by atoms with Crippen molar-refractivity contribution < 1.29 is 4.79 Å². The van der Waals surface area contributed by atoms with Gasteiger partial charge >= 0.3 is 0 Å². The molecule has 0 heterocycles. The molecule has 172 valence electrons. The molecular weight excluding hydrogens is 416 g/mol. The van der Waals surface area contributed by atoms with Crippen molar-refractivity contribution in [2.24, 2.45) is 5.92 Å². The highest BCUT2D eigenvalue weighted by atomic mass is 35.5. The third-order valence-electron chi connectivity index (χ3n) is 8.04. The number of carbonyl (C=O) groups excluding carboxylic acids is 1. The maximum absolute atomic E-state index is 13.2. The Morgan fingerprint density at radius 3 is 2.59 bits per heavy atom. The van der Waals surface area contributed by atoms with Crippen LogP contribution >= 0.6 is 11.6 Å². The number of halogens is 1. The third-order valence-corrected chi connectivity index (χ3v) is 8.37. The highest BCUT2D eigenvalue weighted by molar-refractivity contribution is 6.31. The summed E-state index contributed by atoms with van der Waals surface area (Å²) >= 11 is 6.56. The molecule has 0 amide bonds. The number of hydrogen-bond donors (Lipinski definition) is 2. The first-order chi connectivity index (χ1) is 15.5. The van der Waals surface area contributed by atoms with Gasteiger partial charge in [-0.1, -0.05) is 80.3 Å². The maximum atomic E-state index is 13.2. The van der Waals surface area contributed by atoms with Crippen molar-refractivity contribution in [2.75, 3.05) is 13.6 Å². The molecule has 0 bridgehead atoms. The smallest absolute Gasteiger partial charge is 0.157 e. The summed E-state index contributed by atoms with van der Waals surface area (Å²) in [6.45, 7) is 3.13. The largest absolute Gasteiger partial charge is 0.310 e. The molecule has 2 aromatic carbocycles. The summed E-state index contributed by atoms with van der Waals surface area (Å²) in [5, 5.41) is 8.04. The van der Waals surface area contributed by atoms with Crippen LogP contribution in [0.1, 0.15) is 75.0 Å². The van der Waals surface area contributed by atoms with E-state index in [0.29, 0.717) is 17.4 Å². The standard InChI is InChI=1S/C28H37ClN2O/c1-21-10-5-7-17-27(21,30-2)23-12-9-11-22(20-23)16-19-31-28(18-8-6-15-26(28)32)24-13-3-4-14-25(24)29/h3-4,9,11-14,20-21,30-31H,5-8,10,15-19H2,1-2H3/t21?,27-,28+/m1/s1. The van der Waals surface area contributed by atoms with Crippen LogP contribution in [0.5, 0.6) is 0 Å². The van der Waals surface area contributed by atoms with Gasteiger partial charge in [-0.25, -0.2) is 0 Å². The number of benzene rings is 2. The van der Waals surface area contributed by atoms with Crippen LogP contribution in [0, 0.1) is 5.92 Å².